The van der Waals surface area contributed by atoms with Gasteiger partial charge in [-0.05, 0) is 48.4 Å². The van der Waals surface area contributed by atoms with Crippen molar-refractivity contribution in [3.05, 3.63) is 72.3 Å². The van der Waals surface area contributed by atoms with Crippen molar-refractivity contribution in [2.75, 3.05) is 13.7 Å². The van der Waals surface area contributed by atoms with Gasteiger partial charge in [0.05, 0.1) is 6.61 Å². The van der Waals surface area contributed by atoms with Crippen LogP contribution < -0.4 is 0 Å². The van der Waals surface area contributed by atoms with Gasteiger partial charge in [-0.1, -0.05) is 30.3 Å². The Hall–Kier alpha value is -3.24. The van der Waals surface area contributed by atoms with Gasteiger partial charge in [0.1, 0.15) is 22.8 Å². The first-order valence-corrected chi connectivity index (χ1v) is 8.79. The summed E-state index contributed by atoms with van der Waals surface area (Å²) in [4.78, 5) is 0. The fraction of sp³-hybridized carbons (Fsp3) is 0.130. The van der Waals surface area contributed by atoms with Gasteiger partial charge in [0.25, 0.3) is 0 Å². The van der Waals surface area contributed by atoms with Gasteiger partial charge in [0, 0.05) is 29.2 Å². The van der Waals surface area contributed by atoms with Gasteiger partial charge in [0.15, 0.2) is 0 Å². The lowest BCUT2D eigenvalue weighted by atomic mass is 9.97. The summed E-state index contributed by atoms with van der Waals surface area (Å²) in [5, 5.41) is 20.8. The first kappa shape index (κ1) is 17.2. The topological polar surface area (TPSA) is 62.8 Å². The first-order valence-electron chi connectivity index (χ1n) is 8.79. The zero-order valence-electron chi connectivity index (χ0n) is 15.0. The number of aromatic hydroxyl groups is 2. The number of phenols is 2. The number of methoxy groups -OCH3 is 1. The van der Waals surface area contributed by atoms with Crippen molar-refractivity contribution < 1.29 is 19.4 Å². The van der Waals surface area contributed by atoms with Crippen LogP contribution in [-0.2, 0) is 11.2 Å². The Balaban J connectivity index is 2.02. The van der Waals surface area contributed by atoms with Gasteiger partial charge in [-0.2, -0.15) is 0 Å². The Morgan fingerprint density at radius 2 is 1.59 bits per heavy atom. The van der Waals surface area contributed by atoms with Gasteiger partial charge in [0.2, 0.25) is 0 Å². The Morgan fingerprint density at radius 3 is 2.30 bits per heavy atom. The second-order valence-corrected chi connectivity index (χ2v) is 6.44. The minimum Gasteiger partial charge on any atom is -0.508 e. The molecule has 136 valence electrons. The molecule has 0 aliphatic heterocycles. The average molecular weight is 360 g/mol. The van der Waals surface area contributed by atoms with Crippen molar-refractivity contribution in [2.45, 2.75) is 6.42 Å². The summed E-state index contributed by atoms with van der Waals surface area (Å²) in [6.45, 7) is 0.536. The second-order valence-electron chi connectivity index (χ2n) is 6.44. The maximum absolute atomic E-state index is 10.3. The van der Waals surface area contributed by atoms with Crippen molar-refractivity contribution in [1.29, 1.82) is 0 Å². The number of benzene rings is 3. The molecule has 0 unspecified atom stereocenters. The van der Waals surface area contributed by atoms with Crippen LogP contribution in [0.25, 0.3) is 33.4 Å². The molecule has 0 fully saturated rings. The van der Waals surface area contributed by atoms with E-state index >= 15 is 0 Å². The highest BCUT2D eigenvalue weighted by Gasteiger charge is 2.20. The molecule has 0 bridgehead atoms. The minimum absolute atomic E-state index is 0.198. The van der Waals surface area contributed by atoms with Crippen LogP contribution in [0.2, 0.25) is 0 Å². The summed E-state index contributed by atoms with van der Waals surface area (Å²) in [5.41, 5.74) is 4.43. The third kappa shape index (κ3) is 3.27. The van der Waals surface area contributed by atoms with Crippen molar-refractivity contribution in [3.8, 4) is 33.9 Å². The highest BCUT2D eigenvalue weighted by atomic mass is 16.5. The van der Waals surface area contributed by atoms with Crippen molar-refractivity contribution >= 4 is 11.0 Å². The molecular formula is C23H20O4. The monoisotopic (exact) mass is 360 g/mol. The molecule has 4 aromatic rings. The second kappa shape index (κ2) is 7.17. The van der Waals surface area contributed by atoms with Gasteiger partial charge in [-0.25, -0.2) is 0 Å². The molecule has 1 aromatic heterocycles. The standard InChI is InChI=1S/C23H20O4/c1-26-12-11-17-13-19(25)14-20-21(15-5-3-2-4-6-15)23(27-22(17)20)16-7-9-18(24)10-8-16/h2-10,13-14,24-25H,11-12H2,1H3. The molecule has 27 heavy (non-hydrogen) atoms. The summed E-state index contributed by atoms with van der Waals surface area (Å²) < 4.78 is 11.5. The zero-order valence-corrected chi connectivity index (χ0v) is 15.0. The van der Waals surface area contributed by atoms with E-state index in [-0.39, 0.29) is 11.5 Å². The summed E-state index contributed by atoms with van der Waals surface area (Å²) in [6, 6.07) is 20.4. The normalized spacial score (nSPS) is 11.1. The van der Waals surface area contributed by atoms with Crippen LogP contribution in [0.4, 0.5) is 0 Å². The summed E-state index contributed by atoms with van der Waals surface area (Å²) >= 11 is 0. The molecule has 0 aliphatic carbocycles. The zero-order chi connectivity index (χ0) is 18.8. The van der Waals surface area contributed by atoms with E-state index in [1.807, 2.05) is 42.5 Å². The van der Waals surface area contributed by atoms with E-state index in [4.69, 9.17) is 9.15 Å². The minimum atomic E-state index is 0.198. The van der Waals surface area contributed by atoms with Crippen LogP contribution >= 0.6 is 0 Å². The van der Waals surface area contributed by atoms with Crippen LogP contribution in [0.5, 0.6) is 11.5 Å². The van der Waals surface area contributed by atoms with Crippen molar-refractivity contribution in [2.24, 2.45) is 0 Å². The van der Waals surface area contributed by atoms with Gasteiger partial charge < -0.3 is 19.4 Å². The quantitative estimate of drug-likeness (QED) is 0.502. The van der Waals surface area contributed by atoms with Gasteiger partial charge in [-0.3, -0.25) is 0 Å². The molecule has 0 saturated carbocycles. The predicted molar refractivity (Wildman–Crippen MR) is 106 cm³/mol. The molecule has 0 saturated heterocycles. The van der Waals surface area contributed by atoms with E-state index in [1.165, 1.54) is 0 Å². The number of phenolic OH excluding ortho intramolecular Hbond substituents is 2. The number of furan rings is 1. The Kier molecular flexibility index (Phi) is 4.57. The third-order valence-electron chi connectivity index (χ3n) is 4.62. The van der Waals surface area contributed by atoms with Crippen LogP contribution in [0.15, 0.2) is 71.1 Å². The van der Waals surface area contributed by atoms with Crippen molar-refractivity contribution in [1.82, 2.24) is 0 Å². The van der Waals surface area contributed by atoms with Gasteiger partial charge >= 0.3 is 0 Å². The molecule has 4 nitrogen and oxygen atoms in total. The van der Waals surface area contributed by atoms with Crippen LogP contribution in [0.3, 0.4) is 0 Å². The number of ether oxygens (including phenoxy) is 1. The third-order valence-corrected chi connectivity index (χ3v) is 4.62. The van der Waals surface area contributed by atoms with E-state index in [9.17, 15) is 10.2 Å². The Labute approximate surface area is 157 Å². The summed E-state index contributed by atoms with van der Waals surface area (Å²) in [7, 11) is 1.65. The smallest absolute Gasteiger partial charge is 0.143 e. The Morgan fingerprint density at radius 1 is 0.852 bits per heavy atom. The Bertz CT molecular complexity index is 1060. The molecule has 3 aromatic carbocycles. The molecule has 4 rings (SSSR count). The fourth-order valence-electron chi connectivity index (χ4n) is 3.36. The maximum Gasteiger partial charge on any atom is 0.143 e. The number of hydrogen-bond acceptors (Lipinski definition) is 4. The van der Waals surface area contributed by atoms with E-state index in [2.05, 4.69) is 0 Å². The van der Waals surface area contributed by atoms with E-state index in [0.717, 1.165) is 33.2 Å². The number of hydrogen-bond donors (Lipinski definition) is 2. The lowest BCUT2D eigenvalue weighted by Crippen LogP contribution is -1.94. The molecule has 0 aliphatic rings. The largest absolute Gasteiger partial charge is 0.508 e. The molecule has 1 heterocycles. The summed E-state index contributed by atoms with van der Waals surface area (Å²) in [6.07, 6.45) is 0.637. The predicted octanol–water partition coefficient (Wildman–Crippen LogP) is 5.37. The molecule has 0 atom stereocenters. The maximum atomic E-state index is 10.3. The summed E-state index contributed by atoms with van der Waals surface area (Å²) in [5.74, 6) is 1.11. The number of fused-ring (bicyclic) bond motifs is 1. The van der Waals surface area contributed by atoms with Crippen LogP contribution in [0, 0.1) is 0 Å². The molecule has 2 N–H and O–H groups in total. The first-order chi connectivity index (χ1) is 13.2. The van der Waals surface area contributed by atoms with Crippen LogP contribution in [0.1, 0.15) is 5.56 Å². The molecule has 0 radical (unpaired) electrons. The van der Waals surface area contributed by atoms with E-state index in [0.29, 0.717) is 18.8 Å². The number of rotatable bonds is 5. The van der Waals surface area contributed by atoms with Crippen LogP contribution in [-0.4, -0.2) is 23.9 Å². The van der Waals surface area contributed by atoms with E-state index in [1.54, 1.807) is 31.4 Å². The lowest BCUT2D eigenvalue weighted by Gasteiger charge is -2.05. The molecule has 0 amide bonds. The van der Waals surface area contributed by atoms with Crippen molar-refractivity contribution in [3.63, 3.8) is 0 Å². The SMILES string of the molecule is COCCc1cc(O)cc2c(-c3ccccc3)c(-c3ccc(O)cc3)oc12. The lowest BCUT2D eigenvalue weighted by molar-refractivity contribution is 0.202. The fourth-order valence-corrected chi connectivity index (χ4v) is 3.36. The van der Waals surface area contributed by atoms with E-state index < -0.39 is 0 Å². The average Bonchev–Trinajstić information content (AvgIpc) is 3.06. The highest BCUT2D eigenvalue weighted by molar-refractivity contribution is 6.03. The molecular weight excluding hydrogens is 340 g/mol. The highest BCUT2D eigenvalue weighted by Crippen LogP contribution is 2.43. The molecule has 0 spiro atoms. The molecule has 4 heteroatoms. The van der Waals surface area contributed by atoms with Gasteiger partial charge in [-0.15, -0.1) is 0 Å².